The van der Waals surface area contributed by atoms with Crippen molar-refractivity contribution in [2.24, 2.45) is 0 Å². The van der Waals surface area contributed by atoms with Gasteiger partial charge in [-0.3, -0.25) is 0 Å². The second-order valence-electron chi connectivity index (χ2n) is 7.97. The molecular formula is C20H23FN6O5S. The van der Waals surface area contributed by atoms with Crippen LogP contribution in [0.15, 0.2) is 29.4 Å². The summed E-state index contributed by atoms with van der Waals surface area (Å²) < 4.78 is 50.4. The van der Waals surface area contributed by atoms with Crippen LogP contribution < -0.4 is 4.74 Å². The maximum atomic E-state index is 14.7. The molecule has 0 bridgehead atoms. The smallest absolute Gasteiger partial charge is 0.410 e. The monoisotopic (exact) mass is 478 g/mol. The predicted octanol–water partition coefficient (Wildman–Crippen LogP) is 2.14. The summed E-state index contributed by atoms with van der Waals surface area (Å²) in [7, 11) is -3.56. The molecule has 11 nitrogen and oxygen atoms in total. The van der Waals surface area contributed by atoms with Crippen LogP contribution in [0.4, 0.5) is 9.18 Å². The number of hydrogen-bond donors (Lipinski definition) is 0. The number of benzene rings is 1. The first kappa shape index (κ1) is 22.8. The van der Waals surface area contributed by atoms with Crippen LogP contribution in [0.1, 0.15) is 26.7 Å². The third kappa shape index (κ3) is 4.87. The van der Waals surface area contributed by atoms with Gasteiger partial charge < -0.3 is 14.4 Å². The van der Waals surface area contributed by atoms with Crippen molar-refractivity contribution < 1.29 is 27.1 Å². The fraction of sp³-hybridized carbons (Fsp3) is 0.450. The highest BCUT2D eigenvalue weighted by molar-refractivity contribution is 7.90. The normalized spacial score (nSPS) is 15.2. The minimum atomic E-state index is -3.56. The van der Waals surface area contributed by atoms with Gasteiger partial charge in [-0.1, -0.05) is 5.21 Å². The third-order valence-corrected chi connectivity index (χ3v) is 6.20. The van der Waals surface area contributed by atoms with Gasteiger partial charge in [0.2, 0.25) is 5.88 Å². The van der Waals surface area contributed by atoms with Gasteiger partial charge in [-0.05, 0) is 32.0 Å². The quantitative estimate of drug-likeness (QED) is 0.541. The molecule has 1 fully saturated rings. The maximum absolute atomic E-state index is 14.7. The summed E-state index contributed by atoms with van der Waals surface area (Å²) in [6.07, 6.45) is 2.68. The van der Waals surface area contributed by atoms with E-state index in [1.807, 2.05) is 0 Å². The molecule has 3 aromatic rings. The average molecular weight is 479 g/mol. The van der Waals surface area contributed by atoms with Gasteiger partial charge in [-0.25, -0.2) is 22.6 Å². The van der Waals surface area contributed by atoms with Crippen LogP contribution in [0.2, 0.25) is 0 Å². The molecule has 0 aliphatic carbocycles. The first-order chi connectivity index (χ1) is 15.6. The number of fused-ring (bicyclic) bond motifs is 1. The van der Waals surface area contributed by atoms with Crippen molar-refractivity contribution in [3.05, 3.63) is 30.3 Å². The summed E-state index contributed by atoms with van der Waals surface area (Å²) >= 11 is 0. The summed E-state index contributed by atoms with van der Waals surface area (Å²) in [5.74, 6) is -0.589. The summed E-state index contributed by atoms with van der Waals surface area (Å²) in [5, 5.41) is 8.00. The lowest BCUT2D eigenvalue weighted by molar-refractivity contribution is 0.0510. The van der Waals surface area contributed by atoms with Crippen LogP contribution in [0.25, 0.3) is 16.9 Å². The number of ether oxygens (including phenoxy) is 2. The van der Waals surface area contributed by atoms with E-state index >= 15 is 0 Å². The number of carbonyl (C=O) groups is 1. The molecule has 0 N–H and O–H groups in total. The molecule has 1 aliphatic heterocycles. The number of piperidine rings is 1. The first-order valence-corrected chi connectivity index (χ1v) is 12.2. The van der Waals surface area contributed by atoms with E-state index in [9.17, 15) is 17.6 Å². The number of likely N-dealkylation sites (tertiary alicyclic amines) is 1. The molecule has 0 spiro atoms. The minimum absolute atomic E-state index is 0.00785. The molecule has 13 heteroatoms. The van der Waals surface area contributed by atoms with Crippen LogP contribution >= 0.6 is 0 Å². The highest BCUT2D eigenvalue weighted by Crippen LogP contribution is 2.26. The molecular weight excluding hydrogens is 455 g/mol. The van der Waals surface area contributed by atoms with Gasteiger partial charge in [0.05, 0.1) is 11.0 Å². The van der Waals surface area contributed by atoms with Crippen molar-refractivity contribution >= 4 is 27.1 Å². The Morgan fingerprint density at radius 1 is 1.21 bits per heavy atom. The topological polar surface area (TPSA) is 129 Å². The van der Waals surface area contributed by atoms with Gasteiger partial charge in [-0.2, -0.15) is 9.67 Å². The van der Waals surface area contributed by atoms with Crippen molar-refractivity contribution in [3.8, 4) is 11.6 Å². The average Bonchev–Trinajstić information content (AvgIpc) is 3.18. The Morgan fingerprint density at radius 2 is 1.94 bits per heavy atom. The second kappa shape index (κ2) is 8.89. The van der Waals surface area contributed by atoms with Crippen molar-refractivity contribution in [1.29, 1.82) is 0 Å². The Kier molecular flexibility index (Phi) is 6.15. The van der Waals surface area contributed by atoms with E-state index < -0.39 is 15.7 Å². The fourth-order valence-corrected chi connectivity index (χ4v) is 4.09. The zero-order valence-corrected chi connectivity index (χ0v) is 19.1. The number of amides is 1. The molecule has 3 heterocycles. The van der Waals surface area contributed by atoms with Gasteiger partial charge in [-0.15, -0.1) is 5.10 Å². The summed E-state index contributed by atoms with van der Waals surface area (Å²) in [4.78, 5) is 21.8. The van der Waals surface area contributed by atoms with Crippen LogP contribution in [0, 0.1) is 5.82 Å². The molecule has 1 amide bonds. The predicted molar refractivity (Wildman–Crippen MR) is 114 cm³/mol. The largest absolute Gasteiger partial charge is 0.472 e. The molecule has 0 atom stereocenters. The second-order valence-corrected chi connectivity index (χ2v) is 9.99. The van der Waals surface area contributed by atoms with E-state index in [0.29, 0.717) is 25.9 Å². The van der Waals surface area contributed by atoms with Crippen LogP contribution in [-0.2, 0) is 14.6 Å². The van der Waals surface area contributed by atoms with E-state index in [4.69, 9.17) is 9.47 Å². The molecule has 2 aromatic heterocycles. The summed E-state index contributed by atoms with van der Waals surface area (Å²) in [6, 6.07) is 3.52. The number of nitrogens with zero attached hydrogens (tertiary/aromatic N) is 6. The van der Waals surface area contributed by atoms with Gasteiger partial charge in [0.25, 0.3) is 0 Å². The molecule has 1 aromatic carbocycles. The number of halogens is 1. The lowest BCUT2D eigenvalue weighted by Gasteiger charge is -2.31. The standard InChI is InChI=1S/C20H23FN6O5S/c1-12(2)31-20(28)26-8-6-13(7-9-26)32-19-17-18(22-11-23-19)27(25-24-17)16-5-4-14(10-15(16)21)33(3,29)30/h4-5,10-13H,6-9H2,1-3H3. The molecule has 0 radical (unpaired) electrons. The number of rotatable bonds is 5. The zero-order valence-electron chi connectivity index (χ0n) is 18.3. The Balaban J connectivity index is 1.53. The van der Waals surface area contributed by atoms with Gasteiger partial charge >= 0.3 is 6.09 Å². The number of carbonyl (C=O) groups excluding carboxylic acids is 1. The molecule has 0 saturated carbocycles. The minimum Gasteiger partial charge on any atom is -0.472 e. The van der Waals surface area contributed by atoms with E-state index in [1.54, 1.807) is 18.7 Å². The lowest BCUT2D eigenvalue weighted by atomic mass is 10.1. The summed E-state index contributed by atoms with van der Waals surface area (Å²) in [6.45, 7) is 4.56. The Bertz CT molecular complexity index is 1290. The number of hydrogen-bond acceptors (Lipinski definition) is 9. The van der Waals surface area contributed by atoms with Gasteiger partial charge in [0.15, 0.2) is 21.0 Å². The maximum Gasteiger partial charge on any atom is 0.410 e. The molecule has 33 heavy (non-hydrogen) atoms. The van der Waals surface area contributed by atoms with E-state index in [0.717, 1.165) is 17.0 Å². The molecule has 4 rings (SSSR count). The van der Waals surface area contributed by atoms with Crippen molar-refractivity contribution in [1.82, 2.24) is 29.9 Å². The molecule has 1 aliphatic rings. The first-order valence-electron chi connectivity index (χ1n) is 10.3. The Labute approximate surface area is 189 Å². The van der Waals surface area contributed by atoms with Crippen molar-refractivity contribution in [2.45, 2.75) is 43.8 Å². The van der Waals surface area contributed by atoms with Crippen molar-refractivity contribution in [2.75, 3.05) is 19.3 Å². The zero-order chi connectivity index (χ0) is 23.8. The van der Waals surface area contributed by atoms with Gasteiger partial charge in [0.1, 0.15) is 23.9 Å². The van der Waals surface area contributed by atoms with Crippen LogP contribution in [0.5, 0.6) is 5.88 Å². The van der Waals surface area contributed by atoms with Gasteiger partial charge in [0, 0.05) is 32.2 Å². The molecule has 176 valence electrons. The van der Waals surface area contributed by atoms with Crippen LogP contribution in [-0.4, -0.2) is 75.9 Å². The third-order valence-electron chi connectivity index (χ3n) is 5.09. The Hall–Kier alpha value is -3.35. The SMILES string of the molecule is CC(C)OC(=O)N1CCC(Oc2ncnc3c2nnn3-c2ccc(S(C)(=O)=O)cc2F)CC1. The number of aromatic nitrogens is 5. The fourth-order valence-electron chi connectivity index (χ4n) is 3.46. The van der Waals surface area contributed by atoms with Crippen molar-refractivity contribution in [3.63, 3.8) is 0 Å². The Morgan fingerprint density at radius 3 is 2.58 bits per heavy atom. The van der Waals surface area contributed by atoms with Crippen LogP contribution in [0.3, 0.4) is 0 Å². The summed E-state index contributed by atoms with van der Waals surface area (Å²) in [5.41, 5.74) is 0.446. The molecule has 0 unspecified atom stereocenters. The van der Waals surface area contributed by atoms with E-state index in [1.165, 1.54) is 18.5 Å². The highest BCUT2D eigenvalue weighted by Gasteiger charge is 2.27. The molecule has 1 saturated heterocycles. The lowest BCUT2D eigenvalue weighted by Crippen LogP contribution is -2.42. The van der Waals surface area contributed by atoms with E-state index in [2.05, 4.69) is 20.3 Å². The van der Waals surface area contributed by atoms with E-state index in [-0.39, 0.29) is 45.9 Å². The number of sulfone groups is 1. The highest BCUT2D eigenvalue weighted by atomic mass is 32.2.